The molecule has 156 valence electrons. The molecule has 0 bridgehead atoms. The van der Waals surface area contributed by atoms with Gasteiger partial charge in [0.25, 0.3) is 5.91 Å². The Morgan fingerprint density at radius 2 is 1.83 bits per heavy atom. The Kier molecular flexibility index (Phi) is 8.19. The Hall–Kier alpha value is -2.42. The molecule has 0 saturated heterocycles. The highest BCUT2D eigenvalue weighted by molar-refractivity contribution is 7.10. The van der Waals surface area contributed by atoms with E-state index in [1.54, 1.807) is 12.1 Å². The first-order chi connectivity index (χ1) is 13.7. The lowest BCUT2D eigenvalue weighted by Gasteiger charge is -2.38. The van der Waals surface area contributed by atoms with Crippen LogP contribution in [0.5, 0.6) is 0 Å². The first-order valence-electron chi connectivity index (χ1n) is 9.03. The number of fused-ring (bicyclic) bond motifs is 1. The maximum atomic E-state index is 12.2. The van der Waals surface area contributed by atoms with E-state index < -0.39 is 11.9 Å². The van der Waals surface area contributed by atoms with Crippen LogP contribution in [0.2, 0.25) is 5.02 Å². The SMILES string of the molecule is CC1Cc2ccsc2C(C)N1CCNC(=O)c1ccccc1Cl.O=C(O)C(=O)O. The average Bonchev–Trinajstić information content (AvgIpc) is 3.13. The highest BCUT2D eigenvalue weighted by Crippen LogP contribution is 2.35. The summed E-state index contributed by atoms with van der Waals surface area (Å²) in [6, 6.07) is 10.3. The molecule has 1 aliphatic rings. The molecule has 0 aliphatic carbocycles. The van der Waals surface area contributed by atoms with E-state index in [9.17, 15) is 4.79 Å². The molecule has 7 nitrogen and oxygen atoms in total. The molecular weight excluding hydrogens is 416 g/mol. The third-order valence-corrected chi connectivity index (χ3v) is 6.16. The molecule has 1 amide bonds. The van der Waals surface area contributed by atoms with Crippen molar-refractivity contribution in [2.75, 3.05) is 13.1 Å². The number of amides is 1. The van der Waals surface area contributed by atoms with Crippen molar-refractivity contribution in [1.82, 2.24) is 10.2 Å². The molecule has 9 heteroatoms. The van der Waals surface area contributed by atoms with Gasteiger partial charge in [-0.25, -0.2) is 9.59 Å². The molecule has 0 radical (unpaired) electrons. The van der Waals surface area contributed by atoms with E-state index in [0.29, 0.717) is 29.2 Å². The van der Waals surface area contributed by atoms with E-state index in [4.69, 9.17) is 31.4 Å². The number of aliphatic carboxylic acids is 2. The molecule has 2 aromatic rings. The van der Waals surface area contributed by atoms with Crippen molar-refractivity contribution in [1.29, 1.82) is 0 Å². The third kappa shape index (κ3) is 6.03. The molecule has 1 aromatic carbocycles. The number of hydrogen-bond donors (Lipinski definition) is 3. The largest absolute Gasteiger partial charge is 0.473 e. The van der Waals surface area contributed by atoms with E-state index in [1.165, 1.54) is 10.4 Å². The second-order valence-corrected chi connectivity index (χ2v) is 7.98. The molecule has 3 N–H and O–H groups in total. The number of carboxylic acids is 2. The minimum atomic E-state index is -1.82. The van der Waals surface area contributed by atoms with E-state index >= 15 is 0 Å². The van der Waals surface area contributed by atoms with Crippen molar-refractivity contribution < 1.29 is 24.6 Å². The van der Waals surface area contributed by atoms with Crippen LogP contribution in [-0.4, -0.2) is 52.1 Å². The first-order valence-corrected chi connectivity index (χ1v) is 10.3. The summed E-state index contributed by atoms with van der Waals surface area (Å²) in [6.45, 7) is 5.98. The molecule has 29 heavy (non-hydrogen) atoms. The van der Waals surface area contributed by atoms with E-state index in [0.717, 1.165) is 13.0 Å². The standard InChI is InChI=1S/C18H21ClN2OS.C2H2O4/c1-12-11-14-7-10-23-17(14)13(2)21(12)9-8-20-18(22)15-5-3-4-6-16(15)19;3-1(4)2(5)6/h3-7,10,12-13H,8-9,11H2,1-2H3,(H,20,22);(H,3,4)(H,5,6). The Labute approximate surface area is 177 Å². The zero-order valence-electron chi connectivity index (χ0n) is 16.1. The number of carbonyl (C=O) groups is 3. The molecule has 2 atom stereocenters. The van der Waals surface area contributed by atoms with Gasteiger partial charge in [0.15, 0.2) is 0 Å². The first kappa shape index (κ1) is 22.9. The zero-order chi connectivity index (χ0) is 21.6. The number of rotatable bonds is 4. The van der Waals surface area contributed by atoms with Gasteiger partial charge in [-0.15, -0.1) is 11.3 Å². The molecule has 1 aliphatic heterocycles. The lowest BCUT2D eigenvalue weighted by molar-refractivity contribution is -0.159. The van der Waals surface area contributed by atoms with Crippen LogP contribution >= 0.6 is 22.9 Å². The Bertz CT molecular complexity index is 873. The summed E-state index contributed by atoms with van der Waals surface area (Å²) in [4.78, 5) is 34.3. The average molecular weight is 439 g/mol. The van der Waals surface area contributed by atoms with E-state index in [2.05, 4.69) is 35.5 Å². The molecule has 2 heterocycles. The summed E-state index contributed by atoms with van der Waals surface area (Å²) in [6.07, 6.45) is 1.08. The van der Waals surface area contributed by atoms with Crippen LogP contribution < -0.4 is 5.32 Å². The number of benzene rings is 1. The van der Waals surface area contributed by atoms with Gasteiger partial charge in [0.2, 0.25) is 0 Å². The number of thiophene rings is 1. The van der Waals surface area contributed by atoms with E-state index in [-0.39, 0.29) is 5.91 Å². The minimum Gasteiger partial charge on any atom is -0.473 e. The van der Waals surface area contributed by atoms with Crippen molar-refractivity contribution in [3.05, 3.63) is 56.7 Å². The van der Waals surface area contributed by atoms with Crippen molar-refractivity contribution >= 4 is 40.8 Å². The monoisotopic (exact) mass is 438 g/mol. The fourth-order valence-electron chi connectivity index (χ4n) is 3.30. The van der Waals surface area contributed by atoms with Gasteiger partial charge < -0.3 is 15.5 Å². The van der Waals surface area contributed by atoms with Crippen molar-refractivity contribution in [3.63, 3.8) is 0 Å². The van der Waals surface area contributed by atoms with Crippen LogP contribution in [0, 0.1) is 0 Å². The number of carboxylic acid groups (broad SMARTS) is 2. The number of hydrogen-bond acceptors (Lipinski definition) is 5. The number of nitrogens with zero attached hydrogens (tertiary/aromatic N) is 1. The maximum Gasteiger partial charge on any atom is 0.414 e. The fourth-order valence-corrected chi connectivity index (χ4v) is 4.54. The van der Waals surface area contributed by atoms with Crippen LogP contribution in [-0.2, 0) is 16.0 Å². The number of nitrogens with one attached hydrogen (secondary N) is 1. The summed E-state index contributed by atoms with van der Waals surface area (Å²) in [5.41, 5.74) is 2.01. The maximum absolute atomic E-state index is 12.2. The normalized spacial score (nSPS) is 18.2. The van der Waals surface area contributed by atoms with Crippen molar-refractivity contribution in [3.8, 4) is 0 Å². The fraction of sp³-hybridized carbons (Fsp3) is 0.350. The number of carbonyl (C=O) groups excluding carboxylic acids is 1. The summed E-state index contributed by atoms with van der Waals surface area (Å²) in [7, 11) is 0. The molecule has 0 fully saturated rings. The Morgan fingerprint density at radius 3 is 2.45 bits per heavy atom. The molecule has 0 saturated carbocycles. The van der Waals surface area contributed by atoms with Crippen molar-refractivity contribution in [2.45, 2.75) is 32.4 Å². The summed E-state index contributed by atoms with van der Waals surface area (Å²) < 4.78 is 0. The molecule has 1 aromatic heterocycles. The molecule has 2 unspecified atom stereocenters. The van der Waals surface area contributed by atoms with Crippen molar-refractivity contribution in [2.24, 2.45) is 0 Å². The Morgan fingerprint density at radius 1 is 1.17 bits per heavy atom. The van der Waals surface area contributed by atoms with Crippen LogP contribution in [0.4, 0.5) is 0 Å². The molecular formula is C20H23ClN2O5S. The highest BCUT2D eigenvalue weighted by atomic mass is 35.5. The van der Waals surface area contributed by atoms with Crippen LogP contribution in [0.1, 0.15) is 40.7 Å². The van der Waals surface area contributed by atoms with Crippen LogP contribution in [0.3, 0.4) is 0 Å². The quantitative estimate of drug-likeness (QED) is 0.632. The summed E-state index contributed by atoms with van der Waals surface area (Å²) in [5, 5.41) is 20.4. The lowest BCUT2D eigenvalue weighted by atomic mass is 9.97. The predicted molar refractivity (Wildman–Crippen MR) is 112 cm³/mol. The number of halogens is 1. The smallest absolute Gasteiger partial charge is 0.414 e. The molecule has 0 spiro atoms. The van der Waals surface area contributed by atoms with Gasteiger partial charge >= 0.3 is 11.9 Å². The van der Waals surface area contributed by atoms with E-state index in [1.807, 2.05) is 23.5 Å². The lowest BCUT2D eigenvalue weighted by Crippen LogP contribution is -2.44. The van der Waals surface area contributed by atoms with Crippen LogP contribution in [0.25, 0.3) is 0 Å². The predicted octanol–water partition coefficient (Wildman–Crippen LogP) is 3.29. The van der Waals surface area contributed by atoms with Gasteiger partial charge in [-0.3, -0.25) is 9.69 Å². The van der Waals surface area contributed by atoms with Gasteiger partial charge in [-0.1, -0.05) is 23.7 Å². The Balaban J connectivity index is 0.000000438. The minimum absolute atomic E-state index is 0.107. The summed E-state index contributed by atoms with van der Waals surface area (Å²) in [5.74, 6) is -3.75. The van der Waals surface area contributed by atoms with Gasteiger partial charge in [0.1, 0.15) is 0 Å². The second-order valence-electron chi connectivity index (χ2n) is 6.62. The second kappa shape index (κ2) is 10.4. The van der Waals surface area contributed by atoms with Gasteiger partial charge in [-0.2, -0.15) is 0 Å². The third-order valence-electron chi connectivity index (χ3n) is 4.70. The zero-order valence-corrected chi connectivity index (χ0v) is 17.7. The topological polar surface area (TPSA) is 107 Å². The van der Waals surface area contributed by atoms with Gasteiger partial charge in [0.05, 0.1) is 10.6 Å². The molecule has 3 rings (SSSR count). The highest BCUT2D eigenvalue weighted by Gasteiger charge is 2.29. The summed E-state index contributed by atoms with van der Waals surface area (Å²) >= 11 is 7.90. The van der Waals surface area contributed by atoms with Crippen LogP contribution in [0.15, 0.2) is 35.7 Å². The van der Waals surface area contributed by atoms with Gasteiger partial charge in [-0.05, 0) is 49.4 Å². The van der Waals surface area contributed by atoms with Gasteiger partial charge in [0, 0.05) is 30.1 Å².